The summed E-state index contributed by atoms with van der Waals surface area (Å²) in [6.45, 7) is 1.63. The standard InChI is InChI=1S/C15H11FN2O3/c1-10-2-4-13(18(19)20)7-15(10)21-9-12-6-11(8-17)3-5-14(12)16/h2-7H,9H2,1H3. The number of hydrogen-bond donors (Lipinski definition) is 0. The highest BCUT2D eigenvalue weighted by molar-refractivity contribution is 5.44. The third-order valence-electron chi connectivity index (χ3n) is 2.94. The van der Waals surface area contributed by atoms with Gasteiger partial charge in [-0.15, -0.1) is 0 Å². The molecule has 0 fully saturated rings. The van der Waals surface area contributed by atoms with Gasteiger partial charge < -0.3 is 4.74 Å². The summed E-state index contributed by atoms with van der Waals surface area (Å²) in [6, 6.07) is 10.1. The zero-order valence-electron chi connectivity index (χ0n) is 11.2. The molecule has 0 unspecified atom stereocenters. The van der Waals surface area contributed by atoms with E-state index in [1.165, 1.54) is 30.3 Å². The molecule has 21 heavy (non-hydrogen) atoms. The average molecular weight is 286 g/mol. The third-order valence-corrected chi connectivity index (χ3v) is 2.94. The van der Waals surface area contributed by atoms with Crippen LogP contribution in [0.2, 0.25) is 0 Å². The van der Waals surface area contributed by atoms with E-state index in [-0.39, 0.29) is 17.9 Å². The molecule has 106 valence electrons. The normalized spacial score (nSPS) is 9.95. The molecule has 2 rings (SSSR count). The minimum Gasteiger partial charge on any atom is -0.488 e. The maximum atomic E-state index is 13.6. The van der Waals surface area contributed by atoms with Crippen molar-refractivity contribution in [3.63, 3.8) is 0 Å². The molecule has 0 N–H and O–H groups in total. The number of nitrogens with zero attached hydrogens (tertiary/aromatic N) is 2. The Hall–Kier alpha value is -2.94. The number of ether oxygens (including phenoxy) is 1. The van der Waals surface area contributed by atoms with Crippen molar-refractivity contribution in [1.29, 1.82) is 5.26 Å². The third kappa shape index (κ3) is 3.34. The molecule has 0 aliphatic heterocycles. The summed E-state index contributed by atoms with van der Waals surface area (Å²) < 4.78 is 19.1. The zero-order chi connectivity index (χ0) is 15.4. The highest BCUT2D eigenvalue weighted by Crippen LogP contribution is 2.25. The van der Waals surface area contributed by atoms with Crippen molar-refractivity contribution in [2.24, 2.45) is 0 Å². The van der Waals surface area contributed by atoms with Gasteiger partial charge in [-0.25, -0.2) is 4.39 Å². The first-order chi connectivity index (χ1) is 10.0. The summed E-state index contributed by atoms with van der Waals surface area (Å²) in [5, 5.41) is 19.5. The number of aryl methyl sites for hydroxylation is 1. The quantitative estimate of drug-likeness (QED) is 0.636. The lowest BCUT2D eigenvalue weighted by atomic mass is 10.1. The van der Waals surface area contributed by atoms with Crippen molar-refractivity contribution >= 4 is 5.69 Å². The molecule has 6 heteroatoms. The van der Waals surface area contributed by atoms with Gasteiger partial charge in [0.15, 0.2) is 0 Å². The lowest BCUT2D eigenvalue weighted by Crippen LogP contribution is -2.01. The Balaban J connectivity index is 2.22. The fourth-order valence-corrected chi connectivity index (χ4v) is 1.77. The first kappa shape index (κ1) is 14.5. The van der Waals surface area contributed by atoms with E-state index in [1.54, 1.807) is 13.0 Å². The molecular formula is C15H11FN2O3. The van der Waals surface area contributed by atoms with Gasteiger partial charge in [-0.2, -0.15) is 5.26 Å². The Labute approximate surface area is 120 Å². The van der Waals surface area contributed by atoms with Crippen LogP contribution in [0.25, 0.3) is 0 Å². The summed E-state index contributed by atoms with van der Waals surface area (Å²) in [5.74, 6) is -0.178. The van der Waals surface area contributed by atoms with Crippen LogP contribution in [0.3, 0.4) is 0 Å². The molecule has 0 aliphatic carbocycles. The van der Waals surface area contributed by atoms with Gasteiger partial charge in [-0.3, -0.25) is 10.1 Å². The van der Waals surface area contributed by atoms with Gasteiger partial charge in [-0.05, 0) is 36.8 Å². The number of hydrogen-bond acceptors (Lipinski definition) is 4. The molecule has 0 aromatic heterocycles. The summed E-state index contributed by atoms with van der Waals surface area (Å²) in [7, 11) is 0. The van der Waals surface area contributed by atoms with Crippen molar-refractivity contribution in [1.82, 2.24) is 0 Å². The van der Waals surface area contributed by atoms with Gasteiger partial charge in [0.05, 0.1) is 22.6 Å². The Morgan fingerprint density at radius 2 is 2.10 bits per heavy atom. The maximum absolute atomic E-state index is 13.6. The summed E-state index contributed by atoms with van der Waals surface area (Å²) in [5.41, 5.74) is 1.16. The molecule has 0 atom stereocenters. The Bertz CT molecular complexity index is 738. The van der Waals surface area contributed by atoms with Crippen LogP contribution in [-0.4, -0.2) is 4.92 Å². The molecule has 0 saturated carbocycles. The van der Waals surface area contributed by atoms with Gasteiger partial charge in [0.2, 0.25) is 0 Å². The van der Waals surface area contributed by atoms with E-state index in [9.17, 15) is 14.5 Å². The number of nitriles is 1. The Kier molecular flexibility index (Phi) is 4.14. The summed E-state index contributed by atoms with van der Waals surface area (Å²) >= 11 is 0. The largest absolute Gasteiger partial charge is 0.488 e. The van der Waals surface area contributed by atoms with Crippen LogP contribution in [0.1, 0.15) is 16.7 Å². The van der Waals surface area contributed by atoms with E-state index in [2.05, 4.69) is 0 Å². The Morgan fingerprint density at radius 3 is 2.76 bits per heavy atom. The molecule has 0 heterocycles. The van der Waals surface area contributed by atoms with E-state index >= 15 is 0 Å². The minimum atomic E-state index is -0.525. The van der Waals surface area contributed by atoms with Crippen molar-refractivity contribution in [2.45, 2.75) is 13.5 Å². The summed E-state index contributed by atoms with van der Waals surface area (Å²) in [4.78, 5) is 10.2. The maximum Gasteiger partial charge on any atom is 0.273 e. The van der Waals surface area contributed by atoms with Crippen LogP contribution in [-0.2, 0) is 6.61 Å². The van der Waals surface area contributed by atoms with Crippen LogP contribution in [0.15, 0.2) is 36.4 Å². The van der Waals surface area contributed by atoms with Gasteiger partial charge in [-0.1, -0.05) is 0 Å². The molecule has 0 saturated heterocycles. The van der Waals surface area contributed by atoms with Crippen LogP contribution in [0.4, 0.5) is 10.1 Å². The first-order valence-electron chi connectivity index (χ1n) is 6.07. The second-order valence-corrected chi connectivity index (χ2v) is 4.41. The van der Waals surface area contributed by atoms with Gasteiger partial charge in [0.25, 0.3) is 5.69 Å². The predicted molar refractivity (Wildman–Crippen MR) is 73.3 cm³/mol. The molecule has 0 amide bonds. The molecule has 2 aromatic rings. The van der Waals surface area contributed by atoms with E-state index in [1.807, 2.05) is 6.07 Å². The minimum absolute atomic E-state index is 0.0955. The molecule has 2 aromatic carbocycles. The summed E-state index contributed by atoms with van der Waals surface area (Å²) in [6.07, 6.45) is 0. The number of rotatable bonds is 4. The van der Waals surface area contributed by atoms with Crippen molar-refractivity contribution in [3.05, 3.63) is 69.0 Å². The Morgan fingerprint density at radius 1 is 1.33 bits per heavy atom. The fraction of sp³-hybridized carbons (Fsp3) is 0.133. The lowest BCUT2D eigenvalue weighted by molar-refractivity contribution is -0.385. The van der Waals surface area contributed by atoms with Crippen LogP contribution >= 0.6 is 0 Å². The molecule has 5 nitrogen and oxygen atoms in total. The predicted octanol–water partition coefficient (Wildman–Crippen LogP) is 3.49. The molecular weight excluding hydrogens is 275 g/mol. The number of halogens is 1. The monoisotopic (exact) mass is 286 g/mol. The lowest BCUT2D eigenvalue weighted by Gasteiger charge is -2.09. The van der Waals surface area contributed by atoms with Gasteiger partial charge in [0, 0.05) is 11.6 Å². The molecule has 0 aliphatic rings. The highest BCUT2D eigenvalue weighted by atomic mass is 19.1. The topological polar surface area (TPSA) is 76.2 Å². The molecule has 0 bridgehead atoms. The number of nitro benzene ring substituents is 1. The van der Waals surface area contributed by atoms with E-state index < -0.39 is 10.7 Å². The SMILES string of the molecule is Cc1ccc([N+](=O)[O-])cc1OCc1cc(C#N)ccc1F. The van der Waals surface area contributed by atoms with Gasteiger partial charge >= 0.3 is 0 Å². The van der Waals surface area contributed by atoms with E-state index in [0.29, 0.717) is 16.9 Å². The fourth-order valence-electron chi connectivity index (χ4n) is 1.77. The molecule has 0 spiro atoms. The van der Waals surface area contributed by atoms with E-state index in [0.717, 1.165) is 0 Å². The van der Waals surface area contributed by atoms with Crippen molar-refractivity contribution in [2.75, 3.05) is 0 Å². The molecule has 0 radical (unpaired) electrons. The van der Waals surface area contributed by atoms with Crippen molar-refractivity contribution < 1.29 is 14.1 Å². The van der Waals surface area contributed by atoms with Crippen LogP contribution < -0.4 is 4.74 Å². The number of benzene rings is 2. The smallest absolute Gasteiger partial charge is 0.273 e. The van der Waals surface area contributed by atoms with E-state index in [4.69, 9.17) is 10.00 Å². The highest BCUT2D eigenvalue weighted by Gasteiger charge is 2.11. The second kappa shape index (κ2) is 6.01. The number of nitro groups is 1. The zero-order valence-corrected chi connectivity index (χ0v) is 11.2. The van der Waals surface area contributed by atoms with Crippen LogP contribution in [0, 0.1) is 34.2 Å². The van der Waals surface area contributed by atoms with Crippen molar-refractivity contribution in [3.8, 4) is 11.8 Å². The number of non-ortho nitro benzene ring substituents is 1. The average Bonchev–Trinajstić information content (AvgIpc) is 2.47. The second-order valence-electron chi connectivity index (χ2n) is 4.41. The van der Waals surface area contributed by atoms with Gasteiger partial charge in [0.1, 0.15) is 18.2 Å². The first-order valence-corrected chi connectivity index (χ1v) is 6.07. The van der Waals surface area contributed by atoms with Crippen LogP contribution in [0.5, 0.6) is 5.75 Å².